The van der Waals surface area contributed by atoms with Crippen LogP contribution in [0, 0.1) is 10.1 Å². The summed E-state index contributed by atoms with van der Waals surface area (Å²) < 4.78 is 1.43. The van der Waals surface area contributed by atoms with E-state index in [1.807, 2.05) is 36.4 Å². The number of amides is 1. The molecule has 0 spiro atoms. The number of nitrogens with zero attached hydrogens (tertiary/aromatic N) is 4. The molecule has 8 heteroatoms. The van der Waals surface area contributed by atoms with Crippen molar-refractivity contribution in [2.45, 2.75) is 18.9 Å². The Balaban J connectivity index is 1.36. The monoisotopic (exact) mass is 441 g/mol. The summed E-state index contributed by atoms with van der Waals surface area (Å²) in [6.07, 6.45) is 2.21. The van der Waals surface area contributed by atoms with E-state index in [0.29, 0.717) is 17.9 Å². The number of carbonyl (C=O) groups excluding carboxylic acids is 1. The van der Waals surface area contributed by atoms with Gasteiger partial charge in [0.25, 0.3) is 5.69 Å². The van der Waals surface area contributed by atoms with Gasteiger partial charge in [-0.3, -0.25) is 14.9 Å². The molecule has 1 aromatic heterocycles. The standard InChI is InChI=1S/C25H23N5O3/c31-24(17-29-18-27-25(28-29)21-12-7-13-22(16-21)30(32)33)26-15-14-23(19-8-3-1-4-9-19)20-10-5-2-6-11-20/h1-13,16,18,23H,14-15,17H2,(H,26,31). The highest BCUT2D eigenvalue weighted by molar-refractivity contribution is 5.75. The zero-order valence-corrected chi connectivity index (χ0v) is 17.9. The third-order valence-corrected chi connectivity index (χ3v) is 5.32. The van der Waals surface area contributed by atoms with Crippen LogP contribution in [-0.2, 0) is 11.3 Å². The molecule has 0 radical (unpaired) electrons. The van der Waals surface area contributed by atoms with Gasteiger partial charge in [0.1, 0.15) is 12.9 Å². The first-order valence-corrected chi connectivity index (χ1v) is 10.6. The summed E-state index contributed by atoms with van der Waals surface area (Å²) >= 11 is 0. The number of nitro benzene ring substituents is 1. The average Bonchev–Trinajstić information content (AvgIpc) is 3.31. The molecule has 33 heavy (non-hydrogen) atoms. The number of hydrogen-bond donors (Lipinski definition) is 1. The SMILES string of the molecule is O=C(Cn1cnc(-c2cccc([N+](=O)[O-])c2)n1)NCCC(c1ccccc1)c1ccccc1. The number of non-ortho nitro benzene ring substituents is 1. The summed E-state index contributed by atoms with van der Waals surface area (Å²) in [7, 11) is 0. The smallest absolute Gasteiger partial charge is 0.270 e. The summed E-state index contributed by atoms with van der Waals surface area (Å²) in [4.78, 5) is 27.1. The quantitative estimate of drug-likeness (QED) is 0.310. The number of nitrogens with one attached hydrogen (secondary N) is 1. The molecule has 0 aliphatic carbocycles. The maximum Gasteiger partial charge on any atom is 0.270 e. The summed E-state index contributed by atoms with van der Waals surface area (Å²) in [5.41, 5.74) is 2.90. The Morgan fingerprint density at radius 3 is 2.27 bits per heavy atom. The molecule has 0 fully saturated rings. The maximum absolute atomic E-state index is 12.5. The van der Waals surface area contributed by atoms with E-state index in [1.165, 1.54) is 34.3 Å². The molecular formula is C25H23N5O3. The average molecular weight is 441 g/mol. The molecule has 0 bridgehead atoms. The van der Waals surface area contributed by atoms with E-state index in [-0.39, 0.29) is 24.1 Å². The molecule has 0 atom stereocenters. The number of carbonyl (C=O) groups is 1. The van der Waals surface area contributed by atoms with Crippen molar-refractivity contribution in [3.05, 3.63) is 112 Å². The van der Waals surface area contributed by atoms with Gasteiger partial charge in [-0.2, -0.15) is 5.10 Å². The Morgan fingerprint density at radius 1 is 0.970 bits per heavy atom. The minimum Gasteiger partial charge on any atom is -0.354 e. The van der Waals surface area contributed by atoms with Crippen LogP contribution in [-0.4, -0.2) is 32.1 Å². The zero-order valence-electron chi connectivity index (χ0n) is 17.9. The minimum atomic E-state index is -0.466. The molecule has 0 unspecified atom stereocenters. The number of aromatic nitrogens is 3. The molecule has 1 N–H and O–H groups in total. The van der Waals surface area contributed by atoms with Crippen molar-refractivity contribution in [3.63, 3.8) is 0 Å². The second-order valence-electron chi connectivity index (χ2n) is 7.59. The van der Waals surface area contributed by atoms with E-state index in [1.54, 1.807) is 12.1 Å². The highest BCUT2D eigenvalue weighted by atomic mass is 16.6. The van der Waals surface area contributed by atoms with Gasteiger partial charge < -0.3 is 5.32 Å². The molecule has 0 aliphatic heterocycles. The van der Waals surface area contributed by atoms with Gasteiger partial charge in [0.15, 0.2) is 5.82 Å². The van der Waals surface area contributed by atoms with Gasteiger partial charge >= 0.3 is 0 Å². The molecule has 4 aromatic rings. The third kappa shape index (κ3) is 5.68. The molecule has 1 heterocycles. The van der Waals surface area contributed by atoms with Crippen LogP contribution in [0.3, 0.4) is 0 Å². The van der Waals surface area contributed by atoms with Crippen molar-refractivity contribution < 1.29 is 9.72 Å². The second-order valence-corrected chi connectivity index (χ2v) is 7.59. The van der Waals surface area contributed by atoms with Crippen molar-refractivity contribution >= 4 is 11.6 Å². The van der Waals surface area contributed by atoms with Crippen molar-refractivity contribution in [2.75, 3.05) is 6.54 Å². The number of rotatable bonds is 9. The van der Waals surface area contributed by atoms with Crippen LogP contribution >= 0.6 is 0 Å². The van der Waals surface area contributed by atoms with Crippen molar-refractivity contribution in [1.29, 1.82) is 0 Å². The normalized spacial score (nSPS) is 10.8. The molecule has 0 saturated carbocycles. The number of benzene rings is 3. The predicted octanol–water partition coefficient (Wildman–Crippen LogP) is 4.19. The Hall–Kier alpha value is -4.33. The molecule has 8 nitrogen and oxygen atoms in total. The molecular weight excluding hydrogens is 418 g/mol. The minimum absolute atomic E-state index is 0.0171. The molecule has 1 amide bonds. The fraction of sp³-hybridized carbons (Fsp3) is 0.160. The van der Waals surface area contributed by atoms with Crippen molar-refractivity contribution in [2.24, 2.45) is 0 Å². The van der Waals surface area contributed by atoms with Crippen LogP contribution in [0.15, 0.2) is 91.3 Å². The van der Waals surface area contributed by atoms with Crippen LogP contribution in [0.2, 0.25) is 0 Å². The first kappa shape index (κ1) is 21.9. The summed E-state index contributed by atoms with van der Waals surface area (Å²) in [5.74, 6) is 0.338. The largest absolute Gasteiger partial charge is 0.354 e. The summed E-state index contributed by atoms with van der Waals surface area (Å²) in [5, 5.41) is 18.2. The first-order valence-electron chi connectivity index (χ1n) is 10.6. The molecule has 0 aliphatic rings. The van der Waals surface area contributed by atoms with E-state index in [0.717, 1.165) is 6.42 Å². The Labute approximate surface area is 191 Å². The summed E-state index contributed by atoms with van der Waals surface area (Å²) in [6, 6.07) is 26.6. The molecule has 0 saturated heterocycles. The van der Waals surface area contributed by atoms with Crippen LogP contribution in [0.1, 0.15) is 23.5 Å². The highest BCUT2D eigenvalue weighted by Crippen LogP contribution is 2.27. The number of hydrogen-bond acceptors (Lipinski definition) is 5. The van der Waals surface area contributed by atoms with Gasteiger partial charge in [0, 0.05) is 30.2 Å². The number of nitro groups is 1. The van der Waals surface area contributed by atoms with E-state index in [9.17, 15) is 14.9 Å². The lowest BCUT2D eigenvalue weighted by Gasteiger charge is -2.18. The highest BCUT2D eigenvalue weighted by Gasteiger charge is 2.15. The van der Waals surface area contributed by atoms with Gasteiger partial charge in [-0.15, -0.1) is 0 Å². The van der Waals surface area contributed by atoms with E-state index in [2.05, 4.69) is 39.7 Å². The van der Waals surface area contributed by atoms with Gasteiger partial charge in [0.2, 0.25) is 5.91 Å². The molecule has 3 aromatic carbocycles. The third-order valence-electron chi connectivity index (χ3n) is 5.32. The Morgan fingerprint density at radius 2 is 1.64 bits per heavy atom. The lowest BCUT2D eigenvalue weighted by molar-refractivity contribution is -0.384. The maximum atomic E-state index is 12.5. The van der Waals surface area contributed by atoms with E-state index >= 15 is 0 Å². The van der Waals surface area contributed by atoms with Crippen LogP contribution in [0.4, 0.5) is 5.69 Å². The first-order chi connectivity index (χ1) is 16.1. The Bertz CT molecular complexity index is 1190. The predicted molar refractivity (Wildman–Crippen MR) is 124 cm³/mol. The van der Waals surface area contributed by atoms with Crippen LogP contribution in [0.25, 0.3) is 11.4 Å². The fourth-order valence-electron chi connectivity index (χ4n) is 3.72. The topological polar surface area (TPSA) is 103 Å². The Kier molecular flexibility index (Phi) is 6.84. The van der Waals surface area contributed by atoms with Gasteiger partial charge in [-0.1, -0.05) is 72.8 Å². The van der Waals surface area contributed by atoms with Gasteiger partial charge in [-0.25, -0.2) is 9.67 Å². The van der Waals surface area contributed by atoms with Crippen molar-refractivity contribution in [1.82, 2.24) is 20.1 Å². The second kappa shape index (κ2) is 10.3. The zero-order chi connectivity index (χ0) is 23.0. The van der Waals surface area contributed by atoms with Crippen molar-refractivity contribution in [3.8, 4) is 11.4 Å². The van der Waals surface area contributed by atoms with Gasteiger partial charge in [0.05, 0.1) is 4.92 Å². The van der Waals surface area contributed by atoms with Crippen LogP contribution in [0.5, 0.6) is 0 Å². The summed E-state index contributed by atoms with van der Waals surface area (Å²) in [6.45, 7) is 0.531. The molecule has 166 valence electrons. The lowest BCUT2D eigenvalue weighted by Crippen LogP contribution is -2.29. The fourth-order valence-corrected chi connectivity index (χ4v) is 3.72. The van der Waals surface area contributed by atoms with E-state index < -0.39 is 4.92 Å². The van der Waals surface area contributed by atoms with Gasteiger partial charge in [-0.05, 0) is 17.5 Å². The lowest BCUT2D eigenvalue weighted by atomic mass is 9.88. The van der Waals surface area contributed by atoms with Crippen LogP contribution < -0.4 is 5.32 Å². The van der Waals surface area contributed by atoms with E-state index in [4.69, 9.17) is 0 Å². The molecule has 4 rings (SSSR count).